The zero-order valence-corrected chi connectivity index (χ0v) is 28.7. The molecule has 10 nitrogen and oxygen atoms in total. The molecule has 1 unspecified atom stereocenters. The Morgan fingerprint density at radius 1 is 1.04 bits per heavy atom. The van der Waals surface area contributed by atoms with Crippen LogP contribution in [0.3, 0.4) is 0 Å². The molecule has 1 aromatic heterocycles. The van der Waals surface area contributed by atoms with Gasteiger partial charge in [0.25, 0.3) is 5.91 Å². The lowest BCUT2D eigenvalue weighted by atomic mass is 9.82. The first-order chi connectivity index (χ1) is 23.1. The number of hydrogen-bond donors (Lipinski definition) is 2. The summed E-state index contributed by atoms with van der Waals surface area (Å²) in [6.45, 7) is 7.35. The number of aliphatic hydroxyl groups is 1. The van der Waals surface area contributed by atoms with Crippen LogP contribution in [-0.4, -0.2) is 64.3 Å². The molecule has 0 bridgehead atoms. The number of hydrogen-bond acceptors (Lipinski definition) is 7. The van der Waals surface area contributed by atoms with E-state index in [1.54, 1.807) is 4.68 Å². The van der Waals surface area contributed by atoms with E-state index < -0.39 is 13.9 Å². The Morgan fingerprint density at radius 2 is 1.81 bits per heavy atom. The minimum atomic E-state index is -2.83. The minimum Gasteiger partial charge on any atom is -0.432 e. The number of anilines is 2. The highest BCUT2D eigenvalue weighted by Gasteiger charge is 2.66. The summed E-state index contributed by atoms with van der Waals surface area (Å²) in [4.78, 5) is 42.5. The molecule has 7 rings (SSSR count). The van der Waals surface area contributed by atoms with Crippen molar-refractivity contribution >= 4 is 31.5 Å². The summed E-state index contributed by atoms with van der Waals surface area (Å²) >= 11 is 0. The number of para-hydroxylation sites is 1. The van der Waals surface area contributed by atoms with Gasteiger partial charge in [-0.15, -0.1) is 5.10 Å². The predicted octanol–water partition coefficient (Wildman–Crippen LogP) is 4.96. The summed E-state index contributed by atoms with van der Waals surface area (Å²) in [5.41, 5.74) is 3.63. The second-order valence-electron chi connectivity index (χ2n) is 13.9. The van der Waals surface area contributed by atoms with E-state index in [1.165, 1.54) is 0 Å². The Hall–Kier alpha value is -4.16. The summed E-state index contributed by atoms with van der Waals surface area (Å²) in [6.07, 6.45) is 3.42. The molecule has 48 heavy (non-hydrogen) atoms. The van der Waals surface area contributed by atoms with Gasteiger partial charge in [0.15, 0.2) is 13.9 Å². The van der Waals surface area contributed by atoms with Gasteiger partial charge in [-0.25, -0.2) is 0 Å². The Labute approximate surface area is 282 Å². The van der Waals surface area contributed by atoms with Gasteiger partial charge in [0.05, 0.1) is 36.6 Å². The van der Waals surface area contributed by atoms with Crippen LogP contribution in [0, 0.1) is 5.92 Å². The van der Waals surface area contributed by atoms with E-state index in [9.17, 15) is 19.5 Å². The highest BCUT2D eigenvalue weighted by atomic mass is 28.4. The minimum absolute atomic E-state index is 0.0838. The first-order valence-corrected chi connectivity index (χ1v) is 19.9. The van der Waals surface area contributed by atoms with E-state index in [4.69, 9.17) is 4.74 Å². The number of fused-ring (bicyclic) bond motifs is 2. The van der Waals surface area contributed by atoms with Gasteiger partial charge in [-0.05, 0) is 55.3 Å². The van der Waals surface area contributed by atoms with Crippen LogP contribution < -0.4 is 9.80 Å². The first kappa shape index (κ1) is 32.4. The van der Waals surface area contributed by atoms with Gasteiger partial charge in [0, 0.05) is 48.4 Å². The van der Waals surface area contributed by atoms with Gasteiger partial charge >= 0.3 is 0 Å². The fraction of sp³-hybridized carbons (Fsp3) is 0.405. The monoisotopic (exact) mass is 665 g/mol. The first-order valence-electron chi connectivity index (χ1n) is 16.9. The Kier molecular flexibility index (Phi) is 8.57. The zero-order valence-electron chi connectivity index (χ0n) is 27.7. The van der Waals surface area contributed by atoms with Crippen LogP contribution >= 0.6 is 0 Å². The predicted molar refractivity (Wildman–Crippen MR) is 185 cm³/mol. The third kappa shape index (κ3) is 5.58. The lowest BCUT2D eigenvalue weighted by molar-refractivity contribution is -0.146. The van der Waals surface area contributed by atoms with Crippen molar-refractivity contribution < 1.29 is 24.2 Å². The molecule has 5 atom stereocenters. The zero-order chi connectivity index (χ0) is 33.6. The lowest BCUT2D eigenvalue weighted by Crippen LogP contribution is -2.46. The third-order valence-corrected chi connectivity index (χ3v) is 13.0. The van der Waals surface area contributed by atoms with Crippen LogP contribution in [0.5, 0.6) is 0 Å². The van der Waals surface area contributed by atoms with Crippen molar-refractivity contribution in [3.8, 4) is 0 Å². The highest BCUT2D eigenvalue weighted by Crippen LogP contribution is 2.59. The van der Waals surface area contributed by atoms with Crippen molar-refractivity contribution in [3.05, 3.63) is 107 Å². The average molecular weight is 666 g/mol. The molecular formula is C37H43N5O5Si. The number of aromatic nitrogens is 3. The van der Waals surface area contributed by atoms with Crippen molar-refractivity contribution in [1.82, 2.24) is 15.0 Å². The molecule has 2 saturated heterocycles. The number of rotatable bonds is 10. The van der Waals surface area contributed by atoms with Crippen LogP contribution in [0.4, 0.5) is 11.4 Å². The number of aryl methyl sites for hydroxylation is 1. The molecule has 4 aromatic rings. The molecular weight excluding hydrogens is 623 g/mol. The van der Waals surface area contributed by atoms with E-state index in [1.807, 2.05) is 115 Å². The number of carbonyl (C=O) groups excluding carboxylic acids is 2. The van der Waals surface area contributed by atoms with Crippen molar-refractivity contribution in [1.29, 1.82) is 0 Å². The second kappa shape index (κ2) is 12.7. The van der Waals surface area contributed by atoms with E-state index in [0.717, 1.165) is 34.5 Å². The van der Waals surface area contributed by atoms with Crippen LogP contribution in [0.1, 0.15) is 54.5 Å². The average Bonchev–Trinajstić information content (AvgIpc) is 3.84. The number of ether oxygens (including phenoxy) is 1. The van der Waals surface area contributed by atoms with Crippen molar-refractivity contribution in [2.24, 2.45) is 5.92 Å². The van der Waals surface area contributed by atoms with Crippen LogP contribution in [0.25, 0.3) is 0 Å². The van der Waals surface area contributed by atoms with E-state index >= 15 is 0 Å². The summed E-state index contributed by atoms with van der Waals surface area (Å²) in [5, 5.41) is 18.9. The van der Waals surface area contributed by atoms with E-state index in [-0.39, 0.29) is 41.9 Å². The fourth-order valence-corrected chi connectivity index (χ4v) is 10.9. The van der Waals surface area contributed by atoms with Gasteiger partial charge < -0.3 is 24.4 Å². The Balaban J connectivity index is 1.15. The van der Waals surface area contributed by atoms with Crippen LogP contribution in [0.15, 0.2) is 85.1 Å². The Bertz CT molecular complexity index is 1810. The summed E-state index contributed by atoms with van der Waals surface area (Å²) in [5.74, 6) is -0.551. The van der Waals surface area contributed by atoms with E-state index in [0.29, 0.717) is 38.2 Å². The molecule has 2 fully saturated rings. The quantitative estimate of drug-likeness (QED) is 0.230. The molecule has 1 spiro atoms. The van der Waals surface area contributed by atoms with Crippen LogP contribution in [0.2, 0.25) is 18.6 Å². The molecule has 0 radical (unpaired) electrons. The molecule has 11 heteroatoms. The summed E-state index contributed by atoms with van der Waals surface area (Å²) < 4.78 is 8.74. The van der Waals surface area contributed by atoms with Gasteiger partial charge in [0.2, 0.25) is 5.91 Å². The lowest BCUT2D eigenvalue weighted by Gasteiger charge is -2.32. The molecule has 2 N–H and O–H groups in total. The fourth-order valence-electron chi connectivity index (χ4n) is 8.28. The normalized spacial score (nSPS) is 24.6. The van der Waals surface area contributed by atoms with Crippen molar-refractivity contribution in [2.75, 3.05) is 23.0 Å². The molecule has 2 amide bonds. The third-order valence-electron chi connectivity index (χ3n) is 10.5. The van der Waals surface area contributed by atoms with Crippen molar-refractivity contribution in [3.63, 3.8) is 0 Å². The van der Waals surface area contributed by atoms with Gasteiger partial charge in [0.1, 0.15) is 0 Å². The largest absolute Gasteiger partial charge is 0.432 e. The smallest absolute Gasteiger partial charge is 0.264 e. The molecule has 0 saturated carbocycles. The second-order valence-corrected chi connectivity index (χ2v) is 17.9. The number of benzene rings is 3. The number of amides is 2. The number of carbonyl (C=O) groups is 2. The van der Waals surface area contributed by atoms with Crippen LogP contribution in [-0.2, 0) is 33.0 Å². The molecule has 4 heterocycles. The van der Waals surface area contributed by atoms with Gasteiger partial charge in [-0.3, -0.25) is 14.3 Å². The molecule has 3 aliphatic heterocycles. The SMILES string of the molecule is C[C@H]1[C@H]([Si](C)(C)O)[C@@H](CCn2cc(C(CO)c3ccccc3)nn2)O[C@]12C(=O)N(Cc1cccc(N3CCCC3=O)c1)c1ccccc12. The standard InChI is InChI=1S/C37H43N5O5Si/c1-25-35(48(2,3)46)33(18-20-40-23-31(38-39-40)29(24-43)27-12-5-4-6-13-27)47-37(25)30-15-7-8-16-32(30)42(36(37)45)22-26-11-9-14-28(21-26)41-19-10-17-34(41)44/h4-9,11-16,21,23,25,29,33,35,43,46H,10,17-20,22,24H2,1-3H3/t25-,29?,33+,35-,37+/m0/s1. The van der Waals surface area contributed by atoms with Crippen molar-refractivity contribution in [2.45, 2.75) is 75.5 Å². The summed E-state index contributed by atoms with van der Waals surface area (Å²) in [7, 11) is -2.83. The molecule has 3 aromatic carbocycles. The topological polar surface area (TPSA) is 121 Å². The molecule has 250 valence electrons. The highest BCUT2D eigenvalue weighted by molar-refractivity contribution is 6.71. The molecule has 3 aliphatic rings. The van der Waals surface area contributed by atoms with Gasteiger partial charge in [-0.1, -0.05) is 72.8 Å². The Morgan fingerprint density at radius 3 is 2.54 bits per heavy atom. The maximum absolute atomic E-state index is 14.8. The van der Waals surface area contributed by atoms with E-state index in [2.05, 4.69) is 10.3 Å². The maximum Gasteiger partial charge on any atom is 0.264 e. The summed E-state index contributed by atoms with van der Waals surface area (Å²) in [6, 6.07) is 25.5. The molecule has 0 aliphatic carbocycles. The maximum atomic E-state index is 14.8. The number of nitrogens with zero attached hydrogens (tertiary/aromatic N) is 5. The van der Waals surface area contributed by atoms with Gasteiger partial charge in [-0.2, -0.15) is 0 Å². The number of aliphatic hydroxyl groups excluding tert-OH is 1.